The molecule has 9 heteroatoms. The summed E-state index contributed by atoms with van der Waals surface area (Å²) in [5, 5.41) is 3.49. The zero-order chi connectivity index (χ0) is 32.3. The van der Waals surface area contributed by atoms with Crippen LogP contribution in [-0.2, 0) is 25.6 Å². The summed E-state index contributed by atoms with van der Waals surface area (Å²) in [7, 11) is 3.33. The van der Waals surface area contributed by atoms with E-state index in [2.05, 4.69) is 34.5 Å². The van der Waals surface area contributed by atoms with E-state index in [0.29, 0.717) is 38.7 Å². The number of nitrogens with zero attached hydrogens (tertiary/aromatic N) is 1. The first kappa shape index (κ1) is 33.3. The lowest BCUT2D eigenvalue weighted by Crippen LogP contribution is -2.47. The fourth-order valence-electron chi connectivity index (χ4n) is 6.05. The molecule has 46 heavy (non-hydrogen) atoms. The number of hydrogen-bond donors (Lipinski definition) is 1. The summed E-state index contributed by atoms with van der Waals surface area (Å²) in [6, 6.07) is 22.4. The minimum atomic E-state index is -0.387. The van der Waals surface area contributed by atoms with Crippen molar-refractivity contribution < 1.29 is 33.3 Å². The van der Waals surface area contributed by atoms with Crippen molar-refractivity contribution in [3.63, 3.8) is 0 Å². The van der Waals surface area contributed by atoms with Gasteiger partial charge in [-0.15, -0.1) is 0 Å². The van der Waals surface area contributed by atoms with E-state index in [0.717, 1.165) is 60.4 Å². The lowest BCUT2D eigenvalue weighted by Gasteiger charge is -2.36. The number of carbonyl (C=O) groups is 2. The molecule has 1 aliphatic carbocycles. The third-order valence-corrected chi connectivity index (χ3v) is 8.52. The smallest absolute Gasteiger partial charge is 0.344 e. The first-order chi connectivity index (χ1) is 22.5. The van der Waals surface area contributed by atoms with Crippen LogP contribution in [0.25, 0.3) is 11.1 Å². The monoisotopic (exact) mass is 630 g/mol. The topological polar surface area (TPSA) is 95.6 Å². The van der Waals surface area contributed by atoms with Crippen LogP contribution < -0.4 is 19.5 Å². The molecule has 3 aromatic carbocycles. The van der Waals surface area contributed by atoms with E-state index in [-0.39, 0.29) is 36.4 Å². The molecule has 1 N–H and O–H groups in total. The highest BCUT2D eigenvalue weighted by atomic mass is 16.6. The number of methoxy groups -OCH3 is 2. The molecule has 0 aromatic heterocycles. The predicted molar refractivity (Wildman–Crippen MR) is 176 cm³/mol. The van der Waals surface area contributed by atoms with Crippen LogP contribution in [0.5, 0.6) is 17.2 Å². The molecule has 2 atom stereocenters. The Morgan fingerprint density at radius 3 is 2.41 bits per heavy atom. The molecular formula is C37H46N2O7. The van der Waals surface area contributed by atoms with Gasteiger partial charge in [0.25, 0.3) is 0 Å². The average Bonchev–Trinajstić information content (AvgIpc) is 3.94. The van der Waals surface area contributed by atoms with Gasteiger partial charge in [0.15, 0.2) is 6.61 Å². The summed E-state index contributed by atoms with van der Waals surface area (Å²) in [6.45, 7) is 5.20. The van der Waals surface area contributed by atoms with Crippen molar-refractivity contribution in [3.8, 4) is 28.4 Å². The SMILES string of the molecule is CCOC(=O)COc1ccc(-c2cccc([C@H]3CCNC[C@@H]3C(=O)N(Cc3cc(OC)cc(OCCCOC)c3)C3CC3)c2)cc1. The Bertz CT molecular complexity index is 1440. The number of esters is 1. The molecule has 0 unspecified atom stereocenters. The molecule has 1 saturated carbocycles. The second-order valence-electron chi connectivity index (χ2n) is 11.9. The average molecular weight is 631 g/mol. The van der Waals surface area contributed by atoms with E-state index in [1.165, 1.54) is 5.56 Å². The Morgan fingerprint density at radius 1 is 0.870 bits per heavy atom. The highest BCUT2D eigenvalue weighted by Crippen LogP contribution is 2.38. The summed E-state index contributed by atoms with van der Waals surface area (Å²) >= 11 is 0. The van der Waals surface area contributed by atoms with Gasteiger partial charge in [-0.25, -0.2) is 4.79 Å². The Morgan fingerprint density at radius 2 is 1.67 bits per heavy atom. The molecule has 1 aliphatic heterocycles. The van der Waals surface area contributed by atoms with E-state index in [1.54, 1.807) is 21.1 Å². The van der Waals surface area contributed by atoms with E-state index in [9.17, 15) is 9.59 Å². The van der Waals surface area contributed by atoms with Crippen LogP contribution in [0.2, 0.25) is 0 Å². The number of hydrogen-bond acceptors (Lipinski definition) is 8. The molecule has 0 bridgehead atoms. The second kappa shape index (κ2) is 16.5. The Hall–Kier alpha value is -4.08. The van der Waals surface area contributed by atoms with Gasteiger partial charge in [0, 0.05) is 45.3 Å². The zero-order valence-corrected chi connectivity index (χ0v) is 27.2. The number of piperidine rings is 1. The molecule has 0 spiro atoms. The maximum absolute atomic E-state index is 14.4. The van der Waals surface area contributed by atoms with Crippen LogP contribution in [-0.4, -0.2) is 76.6 Å². The van der Waals surface area contributed by atoms with Crippen molar-refractivity contribution in [3.05, 3.63) is 77.9 Å². The van der Waals surface area contributed by atoms with Crippen molar-refractivity contribution in [2.45, 2.75) is 51.1 Å². The minimum Gasteiger partial charge on any atom is -0.497 e. The van der Waals surface area contributed by atoms with Gasteiger partial charge in [-0.1, -0.05) is 36.4 Å². The number of nitrogens with one attached hydrogen (secondary N) is 1. The van der Waals surface area contributed by atoms with Gasteiger partial charge in [0.2, 0.25) is 5.91 Å². The molecule has 9 nitrogen and oxygen atoms in total. The van der Waals surface area contributed by atoms with Crippen LogP contribution >= 0.6 is 0 Å². The summed E-state index contributed by atoms with van der Waals surface area (Å²) in [5.41, 5.74) is 4.29. The van der Waals surface area contributed by atoms with Crippen molar-refractivity contribution in [1.82, 2.24) is 10.2 Å². The van der Waals surface area contributed by atoms with Gasteiger partial charge in [0.1, 0.15) is 17.2 Å². The molecule has 246 valence electrons. The fourth-order valence-corrected chi connectivity index (χ4v) is 6.05. The number of carbonyl (C=O) groups excluding carboxylic acids is 2. The number of amides is 1. The minimum absolute atomic E-state index is 0.104. The molecule has 0 radical (unpaired) electrons. The van der Waals surface area contributed by atoms with Gasteiger partial charge in [-0.05, 0) is 85.2 Å². The van der Waals surface area contributed by atoms with E-state index >= 15 is 0 Å². The van der Waals surface area contributed by atoms with Gasteiger partial charge >= 0.3 is 5.97 Å². The van der Waals surface area contributed by atoms with Gasteiger partial charge < -0.3 is 33.9 Å². The maximum Gasteiger partial charge on any atom is 0.344 e. The third-order valence-electron chi connectivity index (χ3n) is 8.52. The molecular weight excluding hydrogens is 584 g/mol. The van der Waals surface area contributed by atoms with Crippen LogP contribution in [0.3, 0.4) is 0 Å². The third kappa shape index (κ3) is 9.01. The summed E-state index contributed by atoms with van der Waals surface area (Å²) in [4.78, 5) is 28.1. The molecule has 3 aromatic rings. The highest BCUT2D eigenvalue weighted by Gasteiger charge is 2.40. The summed E-state index contributed by atoms with van der Waals surface area (Å²) in [6.07, 6.45) is 3.73. The quantitative estimate of drug-likeness (QED) is 0.161. The zero-order valence-electron chi connectivity index (χ0n) is 27.2. The molecule has 5 rings (SSSR count). The fraction of sp³-hybridized carbons (Fsp3) is 0.459. The van der Waals surface area contributed by atoms with Gasteiger partial charge in [0.05, 0.1) is 26.2 Å². The first-order valence-electron chi connectivity index (χ1n) is 16.3. The lowest BCUT2D eigenvalue weighted by atomic mass is 9.79. The number of benzene rings is 3. The molecule has 2 aliphatic rings. The molecule has 2 fully saturated rings. The molecule has 1 saturated heterocycles. The number of rotatable bonds is 16. The molecule has 1 heterocycles. The first-order valence-corrected chi connectivity index (χ1v) is 16.3. The summed E-state index contributed by atoms with van der Waals surface area (Å²) < 4.78 is 27.2. The van der Waals surface area contributed by atoms with Gasteiger partial charge in [-0.3, -0.25) is 4.79 Å². The van der Waals surface area contributed by atoms with Crippen molar-refractivity contribution in [1.29, 1.82) is 0 Å². The Labute approximate surface area is 272 Å². The summed E-state index contributed by atoms with van der Waals surface area (Å²) in [5.74, 6) is 1.81. The highest BCUT2D eigenvalue weighted by molar-refractivity contribution is 5.81. The van der Waals surface area contributed by atoms with Crippen LogP contribution in [0.1, 0.15) is 49.7 Å². The maximum atomic E-state index is 14.4. The second-order valence-corrected chi connectivity index (χ2v) is 11.9. The normalized spacial score (nSPS) is 17.6. The largest absolute Gasteiger partial charge is 0.497 e. The Balaban J connectivity index is 1.30. The van der Waals surface area contributed by atoms with E-state index in [1.807, 2.05) is 42.5 Å². The van der Waals surface area contributed by atoms with Crippen molar-refractivity contribution >= 4 is 11.9 Å². The Kier molecular flexibility index (Phi) is 11.9. The van der Waals surface area contributed by atoms with Crippen molar-refractivity contribution in [2.24, 2.45) is 5.92 Å². The van der Waals surface area contributed by atoms with Crippen LogP contribution in [0.4, 0.5) is 0 Å². The predicted octanol–water partition coefficient (Wildman–Crippen LogP) is 5.60. The van der Waals surface area contributed by atoms with Crippen LogP contribution in [0.15, 0.2) is 66.7 Å². The van der Waals surface area contributed by atoms with Gasteiger partial charge in [-0.2, -0.15) is 0 Å². The number of ether oxygens (including phenoxy) is 5. The standard InChI is InChI=1S/C37H46N2O7/c1-4-44-36(40)25-46-31-13-9-27(10-14-31)28-7-5-8-29(21-28)34-15-16-38-23-35(34)37(41)39(30-11-12-30)24-26-19-32(43-3)22-33(20-26)45-18-6-17-42-2/h5,7-10,13-14,19-22,30,34-35,38H,4,6,11-12,15-18,23-25H2,1-3H3/t34-,35+/m1/s1. The van der Waals surface area contributed by atoms with E-state index < -0.39 is 0 Å². The van der Waals surface area contributed by atoms with E-state index in [4.69, 9.17) is 23.7 Å². The van der Waals surface area contributed by atoms with Crippen molar-refractivity contribution in [2.75, 3.05) is 53.7 Å². The molecule has 1 amide bonds. The van der Waals surface area contributed by atoms with Crippen LogP contribution in [0, 0.1) is 5.92 Å². The lowest BCUT2D eigenvalue weighted by molar-refractivity contribution is -0.145.